The first-order valence-electron chi connectivity index (χ1n) is 5.14. The van der Waals surface area contributed by atoms with Crippen LogP contribution in [0.25, 0.3) is 0 Å². The van der Waals surface area contributed by atoms with E-state index >= 15 is 0 Å². The summed E-state index contributed by atoms with van der Waals surface area (Å²) in [4.78, 5) is 15.6. The zero-order valence-corrected chi connectivity index (χ0v) is 9.73. The van der Waals surface area contributed by atoms with E-state index < -0.39 is 6.04 Å². The highest BCUT2D eigenvalue weighted by atomic mass is 16.6. The maximum atomic E-state index is 11.1. The fourth-order valence-corrected chi connectivity index (χ4v) is 1.04. The summed E-state index contributed by atoms with van der Waals surface area (Å²) < 4.78 is 4.77. The molecule has 0 fully saturated rings. The molecule has 0 aliphatic rings. The number of hydrogen-bond acceptors (Lipinski definition) is 5. The Bertz CT molecular complexity index is 233. The summed E-state index contributed by atoms with van der Waals surface area (Å²) in [7, 11) is 1.41. The maximum Gasteiger partial charge on any atom is 0.322 e. The van der Waals surface area contributed by atoms with Gasteiger partial charge in [0.15, 0.2) is 0 Å². The third-order valence-electron chi connectivity index (χ3n) is 1.78. The Labute approximate surface area is 95.1 Å². The van der Waals surface area contributed by atoms with Gasteiger partial charge in [-0.1, -0.05) is 0 Å². The molecule has 0 spiro atoms. The van der Waals surface area contributed by atoms with Crippen molar-refractivity contribution in [3.63, 3.8) is 0 Å². The molecule has 0 bridgehead atoms. The molecule has 7 heteroatoms. The van der Waals surface area contributed by atoms with Gasteiger partial charge in [0.2, 0.25) is 5.96 Å². The highest BCUT2D eigenvalue weighted by Gasteiger charge is 2.13. The van der Waals surface area contributed by atoms with Gasteiger partial charge in [0, 0.05) is 6.54 Å². The molecule has 0 aromatic rings. The second-order valence-electron chi connectivity index (χ2n) is 3.09. The zero-order chi connectivity index (χ0) is 12.4. The van der Waals surface area contributed by atoms with Crippen molar-refractivity contribution in [2.24, 2.45) is 16.6 Å². The van der Waals surface area contributed by atoms with E-state index in [1.165, 1.54) is 7.11 Å². The molecule has 0 heterocycles. The fraction of sp³-hybridized carbons (Fsp3) is 0.778. The Balaban J connectivity index is 3.58. The van der Waals surface area contributed by atoms with Gasteiger partial charge < -0.3 is 26.4 Å². The second-order valence-corrected chi connectivity index (χ2v) is 3.09. The largest absolute Gasteiger partial charge is 0.465 e. The van der Waals surface area contributed by atoms with Crippen LogP contribution in [0.15, 0.2) is 5.16 Å². The van der Waals surface area contributed by atoms with Gasteiger partial charge in [-0.15, -0.1) is 0 Å². The number of nitrogens with one attached hydrogen (secondary N) is 1. The summed E-state index contributed by atoms with van der Waals surface area (Å²) in [6, 6.07) is -0.581. The quantitative estimate of drug-likeness (QED) is 0.173. The minimum absolute atomic E-state index is 0.201. The van der Waals surface area contributed by atoms with E-state index in [2.05, 4.69) is 15.3 Å². The number of oxime groups is 1. The Morgan fingerprint density at radius 3 is 2.81 bits per heavy atom. The molecule has 1 atom stereocenters. The third-order valence-corrected chi connectivity index (χ3v) is 1.78. The van der Waals surface area contributed by atoms with Crippen LogP contribution in [0.1, 0.15) is 19.8 Å². The normalized spacial score (nSPS) is 13.1. The molecule has 5 N–H and O–H groups in total. The summed E-state index contributed by atoms with van der Waals surface area (Å²) in [6.45, 7) is 2.66. The van der Waals surface area contributed by atoms with Crippen LogP contribution in [0.2, 0.25) is 0 Å². The molecule has 0 rings (SSSR count). The highest BCUT2D eigenvalue weighted by Crippen LogP contribution is 1.96. The Kier molecular flexibility index (Phi) is 7.96. The maximum absolute atomic E-state index is 11.1. The van der Waals surface area contributed by atoms with Crippen LogP contribution in [0.5, 0.6) is 0 Å². The van der Waals surface area contributed by atoms with Crippen molar-refractivity contribution in [1.82, 2.24) is 5.32 Å². The van der Waals surface area contributed by atoms with Gasteiger partial charge in [-0.25, -0.2) is 0 Å². The number of rotatable bonds is 7. The molecular weight excluding hydrogens is 212 g/mol. The van der Waals surface area contributed by atoms with E-state index in [0.717, 1.165) is 0 Å². The molecule has 1 unspecified atom stereocenters. The van der Waals surface area contributed by atoms with Crippen LogP contribution >= 0.6 is 0 Å². The van der Waals surface area contributed by atoms with Crippen molar-refractivity contribution >= 4 is 11.9 Å². The number of carbonyl (C=O) groups is 1. The number of esters is 1. The van der Waals surface area contributed by atoms with Gasteiger partial charge >= 0.3 is 5.97 Å². The second kappa shape index (κ2) is 8.78. The van der Waals surface area contributed by atoms with Crippen molar-refractivity contribution in [2.45, 2.75) is 25.8 Å². The monoisotopic (exact) mass is 232 g/mol. The lowest BCUT2D eigenvalue weighted by Gasteiger charge is -2.10. The molecule has 0 saturated heterocycles. The van der Waals surface area contributed by atoms with E-state index in [1.54, 1.807) is 6.92 Å². The molecule has 7 nitrogen and oxygen atoms in total. The number of guanidine groups is 1. The number of nitrogens with two attached hydrogens (primary N) is 2. The number of carbonyl (C=O) groups excluding carboxylic acids is 1. The van der Waals surface area contributed by atoms with E-state index in [-0.39, 0.29) is 11.9 Å². The molecule has 0 amide bonds. The van der Waals surface area contributed by atoms with Crippen LogP contribution in [0.3, 0.4) is 0 Å². The molecule has 16 heavy (non-hydrogen) atoms. The fourth-order valence-electron chi connectivity index (χ4n) is 1.04. The summed E-state index contributed by atoms with van der Waals surface area (Å²) in [5, 5.41) is 6.27. The molecule has 0 radical (unpaired) electrons. The van der Waals surface area contributed by atoms with E-state index in [1.807, 2.05) is 0 Å². The molecule has 0 aliphatic heterocycles. The van der Waals surface area contributed by atoms with Crippen LogP contribution in [-0.2, 0) is 14.4 Å². The van der Waals surface area contributed by atoms with Crippen LogP contribution in [0.4, 0.5) is 0 Å². The SMILES string of the molecule is CCOC(=O)C(N)CCCN/C(N)=N/OC. The Morgan fingerprint density at radius 1 is 1.56 bits per heavy atom. The van der Waals surface area contributed by atoms with Crippen molar-refractivity contribution in [3.8, 4) is 0 Å². The third kappa shape index (κ3) is 6.88. The first-order chi connectivity index (χ1) is 7.61. The lowest BCUT2D eigenvalue weighted by Crippen LogP contribution is -2.35. The highest BCUT2D eigenvalue weighted by molar-refractivity contribution is 5.77. The van der Waals surface area contributed by atoms with Crippen molar-refractivity contribution in [1.29, 1.82) is 0 Å². The van der Waals surface area contributed by atoms with Gasteiger partial charge in [0.25, 0.3) is 0 Å². The lowest BCUT2D eigenvalue weighted by molar-refractivity contribution is -0.144. The van der Waals surface area contributed by atoms with Crippen LogP contribution in [-0.4, -0.2) is 38.2 Å². The number of hydrogen-bond donors (Lipinski definition) is 3. The predicted molar refractivity (Wildman–Crippen MR) is 60.5 cm³/mol. The summed E-state index contributed by atoms with van der Waals surface area (Å²) in [6.07, 6.45) is 1.23. The van der Waals surface area contributed by atoms with E-state index in [4.69, 9.17) is 16.2 Å². The van der Waals surface area contributed by atoms with Crippen molar-refractivity contribution < 1.29 is 14.4 Å². The predicted octanol–water partition coefficient (Wildman–Crippen LogP) is -0.877. The lowest BCUT2D eigenvalue weighted by atomic mass is 10.2. The van der Waals surface area contributed by atoms with Gasteiger partial charge in [-0.05, 0) is 24.9 Å². The Morgan fingerprint density at radius 2 is 2.25 bits per heavy atom. The van der Waals surface area contributed by atoms with Crippen LogP contribution < -0.4 is 16.8 Å². The first kappa shape index (κ1) is 14.5. The first-order valence-corrected chi connectivity index (χ1v) is 5.14. The standard InChI is InChI=1S/C9H20N4O3/c1-3-16-8(14)7(10)5-4-6-12-9(11)13-15-2/h7H,3-6,10H2,1-2H3,(H3,11,12,13). The average molecular weight is 232 g/mol. The smallest absolute Gasteiger partial charge is 0.322 e. The molecule has 94 valence electrons. The summed E-state index contributed by atoms with van der Waals surface area (Å²) in [5.74, 6) is -0.173. The average Bonchev–Trinajstić information content (AvgIpc) is 2.24. The van der Waals surface area contributed by atoms with Gasteiger partial charge in [0.1, 0.15) is 13.2 Å². The number of ether oxygens (including phenoxy) is 1. The summed E-state index contributed by atoms with van der Waals surface area (Å²) >= 11 is 0. The topological polar surface area (TPSA) is 112 Å². The van der Waals surface area contributed by atoms with E-state index in [9.17, 15) is 4.79 Å². The minimum Gasteiger partial charge on any atom is -0.465 e. The van der Waals surface area contributed by atoms with Gasteiger partial charge in [0.05, 0.1) is 6.61 Å². The zero-order valence-electron chi connectivity index (χ0n) is 9.73. The van der Waals surface area contributed by atoms with E-state index in [0.29, 0.717) is 26.0 Å². The van der Waals surface area contributed by atoms with Crippen molar-refractivity contribution in [2.75, 3.05) is 20.3 Å². The molecule has 0 saturated carbocycles. The Hall–Kier alpha value is -1.50. The summed E-state index contributed by atoms with van der Waals surface area (Å²) in [5.41, 5.74) is 11.0. The molecular formula is C9H20N4O3. The van der Waals surface area contributed by atoms with Gasteiger partial charge in [-0.3, -0.25) is 4.79 Å². The van der Waals surface area contributed by atoms with Gasteiger partial charge in [-0.2, -0.15) is 0 Å². The number of nitrogens with zero attached hydrogens (tertiary/aromatic N) is 1. The molecule has 0 aromatic heterocycles. The molecule has 0 aliphatic carbocycles. The van der Waals surface area contributed by atoms with Crippen molar-refractivity contribution in [3.05, 3.63) is 0 Å². The minimum atomic E-state index is -0.581. The van der Waals surface area contributed by atoms with Crippen LogP contribution in [0, 0.1) is 0 Å². The molecule has 0 aromatic carbocycles.